The lowest BCUT2D eigenvalue weighted by atomic mass is 9.95. The van der Waals surface area contributed by atoms with Crippen LogP contribution < -0.4 is 10.6 Å². The van der Waals surface area contributed by atoms with Gasteiger partial charge in [-0.3, -0.25) is 15.1 Å². The van der Waals surface area contributed by atoms with E-state index in [2.05, 4.69) is 41.7 Å². The van der Waals surface area contributed by atoms with Crippen LogP contribution in [0.4, 0.5) is 0 Å². The van der Waals surface area contributed by atoms with Crippen LogP contribution in [0, 0.1) is 11.3 Å². The third-order valence-corrected chi connectivity index (χ3v) is 5.91. The second-order valence-electron chi connectivity index (χ2n) is 7.22. The van der Waals surface area contributed by atoms with Crippen molar-refractivity contribution in [1.82, 2.24) is 30.4 Å². The molecule has 0 aliphatic carbocycles. The molecule has 0 bridgehead atoms. The first kappa shape index (κ1) is 19.8. The second kappa shape index (κ2) is 9.32. The summed E-state index contributed by atoms with van der Waals surface area (Å²) >= 11 is 3.60. The van der Waals surface area contributed by atoms with Crippen LogP contribution >= 0.6 is 15.9 Å². The van der Waals surface area contributed by atoms with Crippen LogP contribution in [0.5, 0.6) is 0 Å². The van der Waals surface area contributed by atoms with Crippen molar-refractivity contribution >= 4 is 28.0 Å². The SMILES string of the molecule is N=C1C(Br)=C(C2CCCNC2)NCN1/N=C\Cc1cnn(Cc2ccccn2)c1. The molecule has 0 spiro atoms. The zero-order valence-electron chi connectivity index (χ0n) is 16.2. The Morgan fingerprint density at radius 3 is 3.10 bits per heavy atom. The van der Waals surface area contributed by atoms with Crippen LogP contribution in [-0.4, -0.2) is 51.6 Å². The van der Waals surface area contributed by atoms with Gasteiger partial charge in [-0.15, -0.1) is 0 Å². The van der Waals surface area contributed by atoms with Gasteiger partial charge in [-0.05, 0) is 53.0 Å². The number of nitrogens with zero attached hydrogens (tertiary/aromatic N) is 5. The highest BCUT2D eigenvalue weighted by atomic mass is 79.9. The monoisotopic (exact) mass is 456 g/mol. The molecule has 4 heterocycles. The van der Waals surface area contributed by atoms with E-state index in [1.807, 2.05) is 41.5 Å². The van der Waals surface area contributed by atoms with Crippen molar-refractivity contribution in [2.45, 2.75) is 25.8 Å². The first-order valence-electron chi connectivity index (χ1n) is 9.85. The third-order valence-electron chi connectivity index (χ3n) is 5.11. The van der Waals surface area contributed by atoms with Gasteiger partial charge in [0.25, 0.3) is 0 Å². The normalized spacial score (nSPS) is 20.4. The average molecular weight is 457 g/mol. The minimum atomic E-state index is 0.395. The molecule has 2 aromatic heterocycles. The molecular weight excluding hydrogens is 432 g/mol. The van der Waals surface area contributed by atoms with Gasteiger partial charge in [-0.2, -0.15) is 10.2 Å². The van der Waals surface area contributed by atoms with Crippen LogP contribution in [0.3, 0.4) is 0 Å². The maximum atomic E-state index is 8.44. The molecule has 1 fully saturated rings. The molecule has 0 radical (unpaired) electrons. The molecular formula is C20H25BrN8. The number of aromatic nitrogens is 3. The predicted octanol–water partition coefficient (Wildman–Crippen LogP) is 2.30. The Labute approximate surface area is 178 Å². The average Bonchev–Trinajstić information content (AvgIpc) is 3.20. The number of hydrogen-bond donors (Lipinski definition) is 3. The Kier molecular flexibility index (Phi) is 6.36. The quantitative estimate of drug-likeness (QED) is 0.579. The zero-order chi connectivity index (χ0) is 20.1. The Balaban J connectivity index is 1.33. The van der Waals surface area contributed by atoms with Crippen LogP contribution in [0.2, 0.25) is 0 Å². The fourth-order valence-corrected chi connectivity index (χ4v) is 4.25. The van der Waals surface area contributed by atoms with E-state index in [-0.39, 0.29) is 0 Å². The molecule has 1 atom stereocenters. The third kappa shape index (κ3) is 4.91. The van der Waals surface area contributed by atoms with E-state index >= 15 is 0 Å². The summed E-state index contributed by atoms with van der Waals surface area (Å²) in [6.45, 7) is 3.19. The van der Waals surface area contributed by atoms with Gasteiger partial charge in [-0.1, -0.05) is 6.07 Å². The zero-order valence-corrected chi connectivity index (χ0v) is 17.8. The van der Waals surface area contributed by atoms with Crippen molar-refractivity contribution < 1.29 is 0 Å². The van der Waals surface area contributed by atoms with Crippen LogP contribution in [-0.2, 0) is 13.0 Å². The van der Waals surface area contributed by atoms with Crippen molar-refractivity contribution in [2.75, 3.05) is 19.8 Å². The number of pyridine rings is 1. The van der Waals surface area contributed by atoms with E-state index in [0.717, 1.165) is 40.9 Å². The number of amidine groups is 1. The fraction of sp³-hybridized carbons (Fsp3) is 0.400. The molecule has 8 nitrogen and oxygen atoms in total. The van der Waals surface area contributed by atoms with Gasteiger partial charge in [0.05, 0.1) is 22.9 Å². The smallest absolute Gasteiger partial charge is 0.159 e. The summed E-state index contributed by atoms with van der Waals surface area (Å²) in [5.74, 6) is 0.820. The van der Waals surface area contributed by atoms with Crippen molar-refractivity contribution in [3.05, 3.63) is 58.2 Å². The molecule has 9 heteroatoms. The van der Waals surface area contributed by atoms with Gasteiger partial charge < -0.3 is 10.6 Å². The van der Waals surface area contributed by atoms with Crippen molar-refractivity contribution in [3.63, 3.8) is 0 Å². The lowest BCUT2D eigenvalue weighted by Gasteiger charge is -2.33. The second-order valence-corrected chi connectivity index (χ2v) is 8.02. The van der Waals surface area contributed by atoms with Gasteiger partial charge in [0, 0.05) is 43.2 Å². The summed E-state index contributed by atoms with van der Waals surface area (Å²) in [5.41, 5.74) is 3.17. The summed E-state index contributed by atoms with van der Waals surface area (Å²) in [7, 11) is 0. The number of hydrogen-bond acceptors (Lipinski definition) is 6. The Bertz CT molecular complexity index is 898. The summed E-state index contributed by atoms with van der Waals surface area (Å²) in [6.07, 6.45) is 10.4. The Morgan fingerprint density at radius 2 is 2.31 bits per heavy atom. The summed E-state index contributed by atoms with van der Waals surface area (Å²) in [6, 6.07) is 5.87. The van der Waals surface area contributed by atoms with Crippen LogP contribution in [0.25, 0.3) is 0 Å². The molecule has 0 aromatic carbocycles. The highest BCUT2D eigenvalue weighted by Gasteiger charge is 2.27. The molecule has 4 rings (SSSR count). The molecule has 1 unspecified atom stereocenters. The van der Waals surface area contributed by atoms with Gasteiger partial charge in [-0.25, -0.2) is 5.01 Å². The fourth-order valence-electron chi connectivity index (χ4n) is 3.58. The van der Waals surface area contributed by atoms with Gasteiger partial charge >= 0.3 is 0 Å². The number of hydrazone groups is 1. The van der Waals surface area contributed by atoms with Gasteiger partial charge in [0.15, 0.2) is 5.84 Å². The molecule has 1 saturated heterocycles. The standard InChI is InChI=1S/C20H25BrN8/c21-18-19(16-4-3-7-23-11-16)25-14-29(20(18)22)26-9-6-15-10-27-28(12-15)13-17-5-1-2-8-24-17/h1-2,5,8-10,12,16,22-23,25H,3-4,6-7,11,13-14H2/b22-20?,26-9-. The predicted molar refractivity (Wildman–Crippen MR) is 117 cm³/mol. The first-order chi connectivity index (χ1) is 14.2. The van der Waals surface area contributed by atoms with Gasteiger partial charge in [0.2, 0.25) is 0 Å². The van der Waals surface area contributed by atoms with E-state index in [4.69, 9.17) is 5.41 Å². The molecule has 152 valence electrons. The number of nitrogens with one attached hydrogen (secondary N) is 3. The molecule has 2 aromatic rings. The lowest BCUT2D eigenvalue weighted by molar-refractivity contribution is 0.356. The first-order valence-corrected chi connectivity index (χ1v) is 10.6. The number of halogens is 1. The largest absolute Gasteiger partial charge is 0.368 e. The maximum Gasteiger partial charge on any atom is 0.159 e. The Hall–Kier alpha value is -2.52. The van der Waals surface area contributed by atoms with E-state index < -0.39 is 0 Å². The van der Waals surface area contributed by atoms with Crippen LogP contribution in [0.1, 0.15) is 24.1 Å². The molecule has 0 saturated carbocycles. The molecule has 0 amide bonds. The summed E-state index contributed by atoms with van der Waals surface area (Å²) in [4.78, 5) is 4.32. The van der Waals surface area contributed by atoms with Crippen molar-refractivity contribution in [2.24, 2.45) is 11.0 Å². The molecule has 29 heavy (non-hydrogen) atoms. The maximum absolute atomic E-state index is 8.44. The summed E-state index contributed by atoms with van der Waals surface area (Å²) in [5, 5.41) is 25.8. The molecule has 2 aliphatic heterocycles. The van der Waals surface area contributed by atoms with E-state index in [1.54, 1.807) is 11.2 Å². The summed E-state index contributed by atoms with van der Waals surface area (Å²) < 4.78 is 2.68. The highest BCUT2D eigenvalue weighted by molar-refractivity contribution is 9.12. The Morgan fingerprint density at radius 1 is 1.38 bits per heavy atom. The van der Waals surface area contributed by atoms with E-state index in [1.165, 1.54) is 6.42 Å². The van der Waals surface area contributed by atoms with Crippen molar-refractivity contribution in [1.29, 1.82) is 5.41 Å². The van der Waals surface area contributed by atoms with E-state index in [9.17, 15) is 0 Å². The van der Waals surface area contributed by atoms with E-state index in [0.29, 0.717) is 31.4 Å². The highest BCUT2D eigenvalue weighted by Crippen LogP contribution is 2.27. The lowest BCUT2D eigenvalue weighted by Crippen LogP contribution is -2.45. The number of piperidine rings is 1. The van der Waals surface area contributed by atoms with Gasteiger partial charge in [0.1, 0.15) is 6.67 Å². The van der Waals surface area contributed by atoms with Crippen molar-refractivity contribution in [3.8, 4) is 0 Å². The topological polar surface area (TPSA) is 94.2 Å². The molecule has 2 aliphatic rings. The van der Waals surface area contributed by atoms with Crippen LogP contribution in [0.15, 0.2) is 52.1 Å². The number of rotatable bonds is 6. The minimum absolute atomic E-state index is 0.395. The molecule has 3 N–H and O–H groups in total. The minimum Gasteiger partial charge on any atom is -0.368 e.